The number of methoxy groups -OCH3 is 1. The second kappa shape index (κ2) is 4.53. The molecule has 0 aliphatic heterocycles. The second-order valence-electron chi connectivity index (χ2n) is 3.09. The zero-order valence-corrected chi connectivity index (χ0v) is 9.02. The van der Waals surface area contributed by atoms with Crippen molar-refractivity contribution in [1.29, 1.82) is 0 Å². The van der Waals surface area contributed by atoms with Gasteiger partial charge in [0.1, 0.15) is 5.82 Å². The van der Waals surface area contributed by atoms with Crippen LogP contribution in [0.4, 0.5) is 0 Å². The third-order valence-electron chi connectivity index (χ3n) is 2.15. The number of hydrogen-bond donors (Lipinski definition) is 1. The molecule has 1 N–H and O–H groups in total. The average molecular weight is 201 g/mol. The minimum Gasteiger partial charge on any atom is -0.382 e. The number of nitrogens with zero attached hydrogens (tertiary/aromatic N) is 2. The predicted octanol–water partition coefficient (Wildman–Crippen LogP) is 1.45. The summed E-state index contributed by atoms with van der Waals surface area (Å²) in [6.45, 7) is 2.04. The molecule has 1 atom stereocenters. The molecule has 1 rings (SSSR count). The number of ether oxygens (including phenoxy) is 1. The van der Waals surface area contributed by atoms with Gasteiger partial charge in [-0.3, -0.25) is 5.10 Å². The van der Waals surface area contributed by atoms with Crippen LogP contribution in [0.3, 0.4) is 0 Å². The maximum Gasteiger partial charge on any atom is 0.194 e. The lowest BCUT2D eigenvalue weighted by molar-refractivity contribution is 0.110. The van der Waals surface area contributed by atoms with E-state index in [0.717, 1.165) is 18.7 Å². The summed E-state index contributed by atoms with van der Waals surface area (Å²) in [5.41, 5.74) is 0. The van der Waals surface area contributed by atoms with Crippen LogP contribution in [0.2, 0.25) is 0 Å². The van der Waals surface area contributed by atoms with Gasteiger partial charge in [0.05, 0.1) is 6.10 Å². The Hall–Kier alpha value is -0.680. The highest BCUT2D eigenvalue weighted by Gasteiger charge is 2.05. The summed E-state index contributed by atoms with van der Waals surface area (Å²) in [5, 5.41) is 6.87. The number of rotatable bonds is 4. The molecule has 1 aromatic rings. The van der Waals surface area contributed by atoms with Crippen molar-refractivity contribution in [2.45, 2.75) is 25.9 Å². The first-order valence-corrected chi connectivity index (χ1v) is 4.69. The standard InChI is InChI=1S/C8H15N3OS/c1-6(12-3)4-5-7-9-10-8(13)11(7)2/h6H,4-5H2,1-3H3,(H,10,13). The predicted molar refractivity (Wildman–Crippen MR) is 53.2 cm³/mol. The summed E-state index contributed by atoms with van der Waals surface area (Å²) in [5.74, 6) is 0.980. The molecule has 0 aliphatic carbocycles. The molecule has 1 aromatic heterocycles. The van der Waals surface area contributed by atoms with Crippen LogP contribution in [0.25, 0.3) is 0 Å². The summed E-state index contributed by atoms with van der Waals surface area (Å²) < 4.78 is 7.70. The van der Waals surface area contributed by atoms with E-state index in [1.54, 1.807) is 7.11 Å². The van der Waals surface area contributed by atoms with Crippen LogP contribution in [0.5, 0.6) is 0 Å². The Balaban J connectivity index is 2.55. The van der Waals surface area contributed by atoms with Crippen molar-refractivity contribution >= 4 is 12.2 Å². The zero-order valence-electron chi connectivity index (χ0n) is 8.20. The van der Waals surface area contributed by atoms with Gasteiger partial charge in [-0.05, 0) is 25.6 Å². The van der Waals surface area contributed by atoms with Crippen LogP contribution in [-0.2, 0) is 18.2 Å². The first kappa shape index (κ1) is 10.4. The van der Waals surface area contributed by atoms with Crippen molar-refractivity contribution in [3.05, 3.63) is 10.6 Å². The number of hydrogen-bond acceptors (Lipinski definition) is 3. The minimum atomic E-state index is 0.269. The van der Waals surface area contributed by atoms with Gasteiger partial charge >= 0.3 is 0 Å². The van der Waals surface area contributed by atoms with Crippen LogP contribution in [-0.4, -0.2) is 28.0 Å². The van der Waals surface area contributed by atoms with E-state index in [1.807, 2.05) is 18.5 Å². The Bertz CT molecular complexity index is 317. The van der Waals surface area contributed by atoms with E-state index in [1.165, 1.54) is 0 Å². The van der Waals surface area contributed by atoms with Gasteiger partial charge in [-0.15, -0.1) is 0 Å². The smallest absolute Gasteiger partial charge is 0.194 e. The third kappa shape index (κ3) is 2.63. The molecule has 0 bridgehead atoms. The van der Waals surface area contributed by atoms with Gasteiger partial charge in [0.15, 0.2) is 4.77 Å². The highest BCUT2D eigenvalue weighted by Crippen LogP contribution is 2.03. The van der Waals surface area contributed by atoms with Gasteiger partial charge in [-0.1, -0.05) is 0 Å². The van der Waals surface area contributed by atoms with E-state index in [2.05, 4.69) is 10.2 Å². The lowest BCUT2D eigenvalue weighted by atomic mass is 10.2. The van der Waals surface area contributed by atoms with Crippen LogP contribution >= 0.6 is 12.2 Å². The Labute approximate surface area is 82.9 Å². The summed E-state index contributed by atoms with van der Waals surface area (Å²) in [6.07, 6.45) is 2.12. The van der Waals surface area contributed by atoms with E-state index >= 15 is 0 Å². The third-order valence-corrected chi connectivity index (χ3v) is 2.51. The van der Waals surface area contributed by atoms with Gasteiger partial charge in [0, 0.05) is 20.6 Å². The van der Waals surface area contributed by atoms with E-state index in [-0.39, 0.29) is 6.10 Å². The molecule has 5 heteroatoms. The summed E-state index contributed by atoms with van der Waals surface area (Å²) in [7, 11) is 3.63. The van der Waals surface area contributed by atoms with E-state index in [0.29, 0.717) is 4.77 Å². The maximum absolute atomic E-state index is 5.15. The molecular formula is C8H15N3OS. The van der Waals surface area contributed by atoms with Gasteiger partial charge in [-0.2, -0.15) is 5.10 Å². The lowest BCUT2D eigenvalue weighted by Gasteiger charge is -2.07. The zero-order chi connectivity index (χ0) is 9.84. The SMILES string of the molecule is COC(C)CCc1n[nH]c(=S)n1C. The highest BCUT2D eigenvalue weighted by molar-refractivity contribution is 7.71. The molecule has 13 heavy (non-hydrogen) atoms. The number of H-pyrrole nitrogens is 1. The molecule has 0 fully saturated rings. The van der Waals surface area contributed by atoms with E-state index < -0.39 is 0 Å². The molecule has 0 spiro atoms. The summed E-state index contributed by atoms with van der Waals surface area (Å²) in [6, 6.07) is 0. The quantitative estimate of drug-likeness (QED) is 0.750. The molecule has 4 nitrogen and oxygen atoms in total. The number of aromatic nitrogens is 3. The number of aryl methyl sites for hydroxylation is 1. The van der Waals surface area contributed by atoms with Crippen molar-refractivity contribution in [2.75, 3.05) is 7.11 Å². The van der Waals surface area contributed by atoms with Crippen molar-refractivity contribution in [1.82, 2.24) is 14.8 Å². The van der Waals surface area contributed by atoms with Crippen molar-refractivity contribution in [2.24, 2.45) is 7.05 Å². The fourth-order valence-electron chi connectivity index (χ4n) is 1.05. The van der Waals surface area contributed by atoms with Crippen molar-refractivity contribution < 1.29 is 4.74 Å². The highest BCUT2D eigenvalue weighted by atomic mass is 32.1. The molecule has 0 radical (unpaired) electrons. The Morgan fingerprint density at radius 2 is 2.38 bits per heavy atom. The molecule has 0 saturated heterocycles. The van der Waals surface area contributed by atoms with Gasteiger partial charge < -0.3 is 9.30 Å². The van der Waals surface area contributed by atoms with Gasteiger partial charge in [0.2, 0.25) is 0 Å². The second-order valence-corrected chi connectivity index (χ2v) is 3.48. The first-order chi connectivity index (χ1) is 6.15. The minimum absolute atomic E-state index is 0.269. The number of nitrogens with one attached hydrogen (secondary N) is 1. The molecule has 74 valence electrons. The summed E-state index contributed by atoms with van der Waals surface area (Å²) >= 11 is 5.00. The van der Waals surface area contributed by atoms with Gasteiger partial charge in [-0.25, -0.2) is 0 Å². The number of aromatic amines is 1. The maximum atomic E-state index is 5.15. The Morgan fingerprint density at radius 1 is 1.69 bits per heavy atom. The van der Waals surface area contributed by atoms with Crippen molar-refractivity contribution in [3.63, 3.8) is 0 Å². The topological polar surface area (TPSA) is 42.8 Å². The molecule has 0 amide bonds. The summed E-state index contributed by atoms with van der Waals surface area (Å²) in [4.78, 5) is 0. The molecule has 0 aromatic carbocycles. The largest absolute Gasteiger partial charge is 0.382 e. The first-order valence-electron chi connectivity index (χ1n) is 4.28. The molecular weight excluding hydrogens is 186 g/mol. The van der Waals surface area contributed by atoms with Crippen molar-refractivity contribution in [3.8, 4) is 0 Å². The van der Waals surface area contributed by atoms with Crippen LogP contribution in [0.1, 0.15) is 19.2 Å². The fourth-order valence-corrected chi connectivity index (χ4v) is 1.20. The molecule has 1 heterocycles. The van der Waals surface area contributed by atoms with E-state index in [4.69, 9.17) is 17.0 Å². The molecule has 0 aliphatic rings. The van der Waals surface area contributed by atoms with Crippen LogP contribution in [0, 0.1) is 4.77 Å². The van der Waals surface area contributed by atoms with Crippen LogP contribution < -0.4 is 0 Å². The average Bonchev–Trinajstić information content (AvgIpc) is 2.44. The monoisotopic (exact) mass is 201 g/mol. The lowest BCUT2D eigenvalue weighted by Crippen LogP contribution is -2.08. The molecule has 1 unspecified atom stereocenters. The van der Waals surface area contributed by atoms with Crippen LogP contribution in [0.15, 0.2) is 0 Å². The fraction of sp³-hybridized carbons (Fsp3) is 0.750. The Morgan fingerprint density at radius 3 is 2.85 bits per heavy atom. The normalized spacial score (nSPS) is 13.2. The molecule has 0 saturated carbocycles. The Kier molecular flexibility index (Phi) is 3.62. The van der Waals surface area contributed by atoms with Gasteiger partial charge in [0.25, 0.3) is 0 Å². The van der Waals surface area contributed by atoms with E-state index in [9.17, 15) is 0 Å².